The highest BCUT2D eigenvalue weighted by molar-refractivity contribution is 7.87. The van der Waals surface area contributed by atoms with Gasteiger partial charge < -0.3 is 8.60 Å². The third kappa shape index (κ3) is 0.849. The van der Waals surface area contributed by atoms with E-state index in [0.29, 0.717) is 22.5 Å². The lowest BCUT2D eigenvalue weighted by Crippen LogP contribution is -2.03. The predicted molar refractivity (Wildman–Crippen MR) is 54.0 cm³/mol. The van der Waals surface area contributed by atoms with Gasteiger partial charge in [-0.3, -0.25) is 0 Å². The number of furan rings is 2. The van der Waals surface area contributed by atoms with Gasteiger partial charge in [-0.2, -0.15) is 8.42 Å². The van der Waals surface area contributed by atoms with Crippen LogP contribution < -0.4 is 4.18 Å². The van der Waals surface area contributed by atoms with Gasteiger partial charge in [0.1, 0.15) is 5.58 Å². The van der Waals surface area contributed by atoms with Gasteiger partial charge in [-0.15, -0.1) is 0 Å². The normalized spacial score (nSPS) is 17.9. The Kier molecular flexibility index (Phi) is 1.38. The zero-order chi connectivity index (χ0) is 11.0. The van der Waals surface area contributed by atoms with Crippen LogP contribution in [0.3, 0.4) is 0 Å². The smallest absolute Gasteiger partial charge is 0.343 e. The molecule has 1 aliphatic rings. The summed E-state index contributed by atoms with van der Waals surface area (Å²) in [5.74, 6) is 0.595. The Morgan fingerprint density at radius 3 is 2.47 bits per heavy atom. The van der Waals surface area contributed by atoms with Crippen molar-refractivity contribution in [2.24, 2.45) is 0 Å². The summed E-state index contributed by atoms with van der Waals surface area (Å²) in [6.45, 7) is 5.73. The molecule has 0 saturated heterocycles. The molecule has 1 aliphatic heterocycles. The van der Waals surface area contributed by atoms with Crippen molar-refractivity contribution in [3.05, 3.63) is 11.1 Å². The van der Waals surface area contributed by atoms with Crippen molar-refractivity contribution in [1.29, 1.82) is 0 Å². The van der Waals surface area contributed by atoms with E-state index in [0.717, 1.165) is 5.56 Å². The third-order valence-electron chi connectivity index (χ3n) is 2.81. The largest absolute Gasteiger partial charge is 0.451 e. The maximum atomic E-state index is 11.6. The molecule has 5 heteroatoms. The highest BCUT2D eigenvalue weighted by Crippen LogP contribution is 2.52. The first-order chi connectivity index (χ1) is 6.93. The average Bonchev–Trinajstić information content (AvgIpc) is 2.62. The lowest BCUT2D eigenvalue weighted by Gasteiger charge is -2.03. The average molecular weight is 226 g/mol. The summed E-state index contributed by atoms with van der Waals surface area (Å²) in [6, 6.07) is 0. The molecule has 3 heterocycles. The molecule has 0 amide bonds. The minimum atomic E-state index is -3.61. The third-order valence-corrected chi connectivity index (χ3v) is 4.19. The summed E-state index contributed by atoms with van der Waals surface area (Å²) in [5.41, 5.74) is 2.61. The Balaban J connectivity index is 2.49. The minimum absolute atomic E-state index is 0.192. The fourth-order valence-electron chi connectivity index (χ4n) is 2.19. The van der Waals surface area contributed by atoms with Gasteiger partial charge in [-0.05, 0) is 12.8 Å². The molecule has 0 aromatic carbocycles. The van der Waals surface area contributed by atoms with Crippen LogP contribution >= 0.6 is 0 Å². The zero-order valence-corrected chi connectivity index (χ0v) is 9.44. The molecule has 0 aliphatic carbocycles. The van der Waals surface area contributed by atoms with Crippen LogP contribution in [0.2, 0.25) is 0 Å². The van der Waals surface area contributed by atoms with Crippen LogP contribution in [0.15, 0.2) is 9.31 Å². The topological polar surface area (TPSA) is 56.5 Å². The molecule has 15 heavy (non-hydrogen) atoms. The fraction of sp³-hybridized carbons (Fsp3) is 0.400. The summed E-state index contributed by atoms with van der Waals surface area (Å²) < 4.78 is 33.7. The molecule has 0 atom stereocenters. The second-order valence-corrected chi connectivity index (χ2v) is 5.63. The number of fused-ring (bicyclic) bond motifs is 1. The van der Waals surface area contributed by atoms with Crippen LogP contribution in [0.4, 0.5) is 0 Å². The Morgan fingerprint density at radius 1 is 1.20 bits per heavy atom. The maximum absolute atomic E-state index is 11.6. The van der Waals surface area contributed by atoms with Crippen molar-refractivity contribution < 1.29 is 17.0 Å². The van der Waals surface area contributed by atoms with Crippen LogP contribution in [-0.4, -0.2) is 8.42 Å². The Hall–Kier alpha value is -1.23. The summed E-state index contributed by atoms with van der Waals surface area (Å²) in [4.78, 5) is 0.219. The molecular weight excluding hydrogens is 216 g/mol. The molecule has 0 fully saturated rings. The first-order valence-corrected chi connectivity index (χ1v) is 6.17. The van der Waals surface area contributed by atoms with Gasteiger partial charge in [-0.25, -0.2) is 0 Å². The van der Waals surface area contributed by atoms with E-state index in [1.807, 2.05) is 13.8 Å². The van der Waals surface area contributed by atoms with E-state index in [4.69, 9.17) is 8.60 Å². The molecule has 0 N–H and O–H groups in total. The Morgan fingerprint density at radius 2 is 1.87 bits per heavy atom. The van der Waals surface area contributed by atoms with E-state index >= 15 is 0 Å². The van der Waals surface area contributed by atoms with Gasteiger partial charge in [0.25, 0.3) is 0 Å². The second-order valence-electron chi connectivity index (χ2n) is 4.15. The van der Waals surface area contributed by atoms with Crippen molar-refractivity contribution >= 4 is 21.3 Å². The van der Waals surface area contributed by atoms with Crippen molar-refractivity contribution in [2.75, 3.05) is 0 Å². The summed E-state index contributed by atoms with van der Waals surface area (Å²) in [6.07, 6.45) is 0. The van der Waals surface area contributed by atoms with Gasteiger partial charge in [0.2, 0.25) is 0 Å². The van der Waals surface area contributed by atoms with Crippen molar-refractivity contribution in [3.8, 4) is 5.75 Å². The van der Waals surface area contributed by atoms with Crippen LogP contribution in [0.5, 0.6) is 5.75 Å². The Labute approximate surface area is 87.3 Å². The van der Waals surface area contributed by atoms with Gasteiger partial charge in [-0.1, -0.05) is 13.8 Å². The standard InChI is InChI=1S/C10H10O4S/c1-4(2)6-7-5(3)10-9(13-7)8(6)14-15(10,11)12/h4H,1-3H3. The lowest BCUT2D eigenvalue weighted by atomic mass is 10.00. The number of benzene rings is 1. The van der Waals surface area contributed by atoms with Gasteiger partial charge in [0.15, 0.2) is 16.2 Å². The number of hydrogen-bond donors (Lipinski definition) is 0. The molecule has 80 valence electrons. The minimum Gasteiger partial charge on any atom is -0.451 e. The molecule has 0 spiro atoms. The quantitative estimate of drug-likeness (QED) is 0.700. The van der Waals surface area contributed by atoms with E-state index in [2.05, 4.69) is 0 Å². The molecule has 0 unspecified atom stereocenters. The first kappa shape index (κ1) is 9.03. The molecular formula is C10H10O4S. The van der Waals surface area contributed by atoms with Crippen LogP contribution in [0.25, 0.3) is 11.2 Å². The van der Waals surface area contributed by atoms with Crippen molar-refractivity contribution in [1.82, 2.24) is 0 Å². The SMILES string of the molecule is Cc1c2c3oc1c(C(C)C)c3OS2(=O)=O. The van der Waals surface area contributed by atoms with Crippen molar-refractivity contribution in [3.63, 3.8) is 0 Å². The van der Waals surface area contributed by atoms with E-state index in [1.54, 1.807) is 6.92 Å². The summed E-state index contributed by atoms with van der Waals surface area (Å²) in [5, 5.41) is 0. The van der Waals surface area contributed by atoms with Gasteiger partial charge >= 0.3 is 10.1 Å². The summed E-state index contributed by atoms with van der Waals surface area (Å²) in [7, 11) is -3.61. The number of hydrogen-bond acceptors (Lipinski definition) is 4. The van der Waals surface area contributed by atoms with Crippen LogP contribution in [-0.2, 0) is 10.1 Å². The van der Waals surface area contributed by atoms with E-state index < -0.39 is 10.1 Å². The molecule has 0 radical (unpaired) electrons. The van der Waals surface area contributed by atoms with Crippen LogP contribution in [0.1, 0.15) is 30.9 Å². The highest BCUT2D eigenvalue weighted by atomic mass is 32.2. The molecule has 2 aromatic heterocycles. The summed E-state index contributed by atoms with van der Waals surface area (Å²) >= 11 is 0. The monoisotopic (exact) mass is 226 g/mol. The molecule has 3 rings (SSSR count). The Bertz CT molecular complexity index is 648. The van der Waals surface area contributed by atoms with Gasteiger partial charge in [0, 0.05) is 11.1 Å². The van der Waals surface area contributed by atoms with E-state index in [9.17, 15) is 8.42 Å². The lowest BCUT2D eigenvalue weighted by molar-refractivity contribution is 0.495. The highest BCUT2D eigenvalue weighted by Gasteiger charge is 2.42. The fourth-order valence-corrected chi connectivity index (χ4v) is 3.49. The van der Waals surface area contributed by atoms with Crippen LogP contribution in [0, 0.1) is 6.92 Å². The first-order valence-electron chi connectivity index (χ1n) is 4.76. The zero-order valence-electron chi connectivity index (χ0n) is 8.62. The number of aryl methyl sites for hydroxylation is 1. The molecule has 0 saturated carbocycles. The maximum Gasteiger partial charge on any atom is 0.343 e. The van der Waals surface area contributed by atoms with Gasteiger partial charge in [0.05, 0.1) is 0 Å². The second kappa shape index (κ2) is 2.29. The van der Waals surface area contributed by atoms with Crippen molar-refractivity contribution in [2.45, 2.75) is 31.6 Å². The molecule has 2 bridgehead atoms. The molecule has 4 nitrogen and oxygen atoms in total. The molecule has 2 aromatic rings. The predicted octanol–water partition coefficient (Wildman–Crippen LogP) is 2.38. The van der Waals surface area contributed by atoms with E-state index in [-0.39, 0.29) is 10.8 Å². The van der Waals surface area contributed by atoms with E-state index in [1.165, 1.54) is 0 Å². The number of rotatable bonds is 1.